The van der Waals surface area contributed by atoms with E-state index in [1.54, 1.807) is 23.8 Å². The lowest BCUT2D eigenvalue weighted by Gasteiger charge is -2.23. The van der Waals surface area contributed by atoms with Crippen molar-refractivity contribution in [3.63, 3.8) is 0 Å². The molecule has 1 fully saturated rings. The molecule has 1 aliphatic heterocycles. The van der Waals surface area contributed by atoms with Crippen LogP contribution in [0.25, 0.3) is 5.65 Å². The summed E-state index contributed by atoms with van der Waals surface area (Å²) in [6.07, 6.45) is 4.70. The van der Waals surface area contributed by atoms with E-state index in [4.69, 9.17) is 16.3 Å². The van der Waals surface area contributed by atoms with Crippen LogP contribution in [-0.4, -0.2) is 64.3 Å². The van der Waals surface area contributed by atoms with Crippen LogP contribution in [0.15, 0.2) is 54.7 Å². The fraction of sp³-hybridized carbons (Fsp3) is 0.444. The summed E-state index contributed by atoms with van der Waals surface area (Å²) in [6, 6.07) is 15.7. The van der Waals surface area contributed by atoms with Crippen molar-refractivity contribution in [3.05, 3.63) is 71.7 Å². The average molecular weight is 497 g/mol. The summed E-state index contributed by atoms with van der Waals surface area (Å²) < 4.78 is 7.03. The molecule has 1 N–H and O–H groups in total. The summed E-state index contributed by atoms with van der Waals surface area (Å²) >= 11 is 6.29. The third-order valence-corrected chi connectivity index (χ3v) is 6.73. The van der Waals surface area contributed by atoms with Crippen molar-refractivity contribution in [2.45, 2.75) is 49.9 Å². The number of carbonyl (C=O) groups excluding carboxylic acids is 2. The van der Waals surface area contributed by atoms with Crippen LogP contribution in [0.3, 0.4) is 0 Å². The Hall–Kier alpha value is -2.90. The molecule has 0 aliphatic carbocycles. The third kappa shape index (κ3) is 6.21. The van der Waals surface area contributed by atoms with E-state index in [-0.39, 0.29) is 35.6 Å². The summed E-state index contributed by atoms with van der Waals surface area (Å²) in [6.45, 7) is 3.74. The maximum Gasteiger partial charge on any atom is 0.268 e. The van der Waals surface area contributed by atoms with E-state index in [1.165, 1.54) is 0 Å². The smallest absolute Gasteiger partial charge is 0.268 e. The molecule has 0 radical (unpaired) electrons. The van der Waals surface area contributed by atoms with Crippen LogP contribution >= 0.6 is 11.6 Å². The van der Waals surface area contributed by atoms with Crippen LogP contribution in [0.5, 0.6) is 0 Å². The number of nitrogens with zero attached hydrogens (tertiary/aromatic N) is 3. The lowest BCUT2D eigenvalue weighted by Crippen LogP contribution is -2.39. The Labute approximate surface area is 211 Å². The van der Waals surface area contributed by atoms with Gasteiger partial charge in [-0.1, -0.05) is 36.4 Å². The predicted molar refractivity (Wildman–Crippen MR) is 137 cm³/mol. The van der Waals surface area contributed by atoms with Gasteiger partial charge in [-0.05, 0) is 43.9 Å². The second kappa shape index (κ2) is 11.7. The standard InChI is InChI=1S/C27H33ClN4O3/c1-19(28)14-21(20-8-4-3-5-9-20)16-29-27(34)24-11-6-12-25-30-22(17-32(24)25)15-26(33)31-13-7-10-23(31)18-35-2/h3-6,8-9,11-12,17,19,21,23H,7,10,13-16,18H2,1-2H3,(H,29,34)/t19?,21?,23-/m0/s1. The highest BCUT2D eigenvalue weighted by Crippen LogP contribution is 2.23. The SMILES string of the molecule is COC[C@@H]1CCCN1C(=O)Cc1cn2c(C(=O)NCC(CC(C)Cl)c3ccccc3)cccc2n1. The van der Waals surface area contributed by atoms with Crippen LogP contribution in [-0.2, 0) is 16.0 Å². The van der Waals surface area contributed by atoms with E-state index < -0.39 is 0 Å². The second-order valence-electron chi connectivity index (χ2n) is 9.22. The highest BCUT2D eigenvalue weighted by atomic mass is 35.5. The van der Waals surface area contributed by atoms with Gasteiger partial charge in [0.25, 0.3) is 5.91 Å². The quantitative estimate of drug-likeness (QED) is 0.430. The van der Waals surface area contributed by atoms with Crippen LogP contribution < -0.4 is 5.32 Å². The zero-order valence-electron chi connectivity index (χ0n) is 20.3. The number of rotatable bonds is 10. The summed E-state index contributed by atoms with van der Waals surface area (Å²) in [5.74, 6) is -0.0306. The normalized spacial score (nSPS) is 17.5. The molecule has 3 heterocycles. The molecule has 0 saturated carbocycles. The largest absolute Gasteiger partial charge is 0.383 e. The Morgan fingerprint density at radius 3 is 2.74 bits per heavy atom. The van der Waals surface area contributed by atoms with E-state index in [2.05, 4.69) is 22.4 Å². The number of alkyl halides is 1. The van der Waals surface area contributed by atoms with E-state index in [0.717, 1.165) is 31.4 Å². The van der Waals surface area contributed by atoms with Gasteiger partial charge in [0.2, 0.25) is 5.91 Å². The highest BCUT2D eigenvalue weighted by Gasteiger charge is 2.29. The first-order valence-electron chi connectivity index (χ1n) is 12.2. The van der Waals surface area contributed by atoms with Crippen LogP contribution in [0, 0.1) is 0 Å². The number of methoxy groups -OCH3 is 1. The number of aromatic nitrogens is 2. The van der Waals surface area contributed by atoms with Gasteiger partial charge >= 0.3 is 0 Å². The minimum absolute atomic E-state index is 0.00613. The van der Waals surface area contributed by atoms with Gasteiger partial charge in [0.15, 0.2) is 0 Å². The van der Waals surface area contributed by atoms with Crippen LogP contribution in [0.2, 0.25) is 0 Å². The van der Waals surface area contributed by atoms with E-state index >= 15 is 0 Å². The molecule has 3 atom stereocenters. The molecular formula is C27H33ClN4O3. The van der Waals surface area contributed by atoms with Crippen molar-refractivity contribution in [1.29, 1.82) is 0 Å². The number of hydrogen-bond acceptors (Lipinski definition) is 4. The zero-order valence-corrected chi connectivity index (χ0v) is 21.1. The fourth-order valence-electron chi connectivity index (χ4n) is 4.88. The molecule has 2 aromatic heterocycles. The van der Waals surface area contributed by atoms with Gasteiger partial charge in [0.1, 0.15) is 11.3 Å². The molecule has 7 nitrogen and oxygen atoms in total. The predicted octanol–water partition coefficient (Wildman–Crippen LogP) is 4.05. The van der Waals surface area contributed by atoms with E-state index in [1.807, 2.05) is 42.2 Å². The molecule has 2 amide bonds. The molecule has 8 heteroatoms. The first-order valence-corrected chi connectivity index (χ1v) is 12.6. The van der Waals surface area contributed by atoms with Crippen molar-refractivity contribution in [3.8, 4) is 0 Å². The number of amides is 2. The molecule has 35 heavy (non-hydrogen) atoms. The lowest BCUT2D eigenvalue weighted by atomic mass is 9.94. The van der Waals surface area contributed by atoms with Gasteiger partial charge in [-0.25, -0.2) is 4.98 Å². The molecule has 4 rings (SSSR count). The minimum atomic E-state index is -0.186. The molecule has 2 unspecified atom stereocenters. The molecule has 0 bridgehead atoms. The first-order chi connectivity index (χ1) is 17.0. The van der Waals surface area contributed by atoms with Gasteiger partial charge in [0, 0.05) is 37.7 Å². The van der Waals surface area contributed by atoms with Crippen molar-refractivity contribution in [1.82, 2.24) is 19.6 Å². The first kappa shape index (κ1) is 25.2. The average Bonchev–Trinajstić information content (AvgIpc) is 3.48. The molecule has 1 saturated heterocycles. The Kier molecular flexibility index (Phi) is 8.42. The number of ether oxygens (including phenoxy) is 1. The van der Waals surface area contributed by atoms with Gasteiger partial charge in [-0.15, -0.1) is 11.6 Å². The zero-order chi connectivity index (χ0) is 24.8. The number of nitrogens with one attached hydrogen (secondary N) is 1. The molecular weight excluding hydrogens is 464 g/mol. The second-order valence-corrected chi connectivity index (χ2v) is 9.97. The topological polar surface area (TPSA) is 75.9 Å². The maximum absolute atomic E-state index is 13.2. The highest BCUT2D eigenvalue weighted by molar-refractivity contribution is 6.20. The number of halogens is 1. The summed E-state index contributed by atoms with van der Waals surface area (Å²) in [7, 11) is 1.66. The number of carbonyl (C=O) groups is 2. The summed E-state index contributed by atoms with van der Waals surface area (Å²) in [4.78, 5) is 32.6. The van der Waals surface area contributed by atoms with Crippen LogP contribution in [0.1, 0.15) is 53.8 Å². The number of pyridine rings is 1. The van der Waals surface area contributed by atoms with Gasteiger partial charge in [-0.2, -0.15) is 0 Å². The van der Waals surface area contributed by atoms with Crippen molar-refractivity contribution < 1.29 is 14.3 Å². The molecule has 1 aliphatic rings. The van der Waals surface area contributed by atoms with E-state index in [9.17, 15) is 9.59 Å². The van der Waals surface area contributed by atoms with Crippen LogP contribution in [0.4, 0.5) is 0 Å². The summed E-state index contributed by atoms with van der Waals surface area (Å²) in [5, 5.41) is 3.07. The number of fused-ring (bicyclic) bond motifs is 1. The minimum Gasteiger partial charge on any atom is -0.383 e. The third-order valence-electron chi connectivity index (χ3n) is 6.55. The van der Waals surface area contributed by atoms with Crippen molar-refractivity contribution in [2.24, 2.45) is 0 Å². The maximum atomic E-state index is 13.2. The van der Waals surface area contributed by atoms with Gasteiger partial charge in [-0.3, -0.25) is 14.0 Å². The Bertz CT molecular complexity index is 1150. The fourth-order valence-corrected chi connectivity index (χ4v) is 5.09. The molecule has 186 valence electrons. The number of hydrogen-bond donors (Lipinski definition) is 1. The Morgan fingerprint density at radius 2 is 2.00 bits per heavy atom. The number of likely N-dealkylation sites (tertiary alicyclic amines) is 1. The Morgan fingerprint density at radius 1 is 1.20 bits per heavy atom. The van der Waals surface area contributed by atoms with Crippen molar-refractivity contribution in [2.75, 3.05) is 26.8 Å². The molecule has 3 aromatic rings. The lowest BCUT2D eigenvalue weighted by molar-refractivity contribution is -0.132. The van der Waals surface area contributed by atoms with Crippen molar-refractivity contribution >= 4 is 29.1 Å². The molecule has 1 aromatic carbocycles. The van der Waals surface area contributed by atoms with Gasteiger partial charge in [0.05, 0.1) is 24.8 Å². The van der Waals surface area contributed by atoms with E-state index in [0.29, 0.717) is 30.2 Å². The number of benzene rings is 1. The van der Waals surface area contributed by atoms with Gasteiger partial charge < -0.3 is 15.0 Å². The number of imidazole rings is 1. The Balaban J connectivity index is 1.46. The summed E-state index contributed by atoms with van der Waals surface area (Å²) in [5.41, 5.74) is 2.93. The molecule has 0 spiro atoms. The monoisotopic (exact) mass is 496 g/mol.